The summed E-state index contributed by atoms with van der Waals surface area (Å²) in [6.45, 7) is 0.197. The second-order valence-corrected chi connectivity index (χ2v) is 7.14. The number of anilines is 1. The molecule has 4 rings (SSSR count). The molecule has 0 spiro atoms. The summed E-state index contributed by atoms with van der Waals surface area (Å²) in [4.78, 5) is 13.7. The maximum absolute atomic E-state index is 12.7. The summed E-state index contributed by atoms with van der Waals surface area (Å²) in [5.41, 5.74) is 2.02. The van der Waals surface area contributed by atoms with Crippen molar-refractivity contribution in [2.24, 2.45) is 0 Å². The minimum absolute atomic E-state index is 0.197. The average molecular weight is 377 g/mol. The first kappa shape index (κ1) is 17.5. The fraction of sp³-hybridized carbons (Fsp3) is 0.136. The predicted molar refractivity (Wildman–Crippen MR) is 107 cm³/mol. The lowest BCUT2D eigenvalue weighted by Gasteiger charge is -2.25. The van der Waals surface area contributed by atoms with Gasteiger partial charge in [0.25, 0.3) is 5.91 Å². The first-order valence-corrected chi connectivity index (χ1v) is 9.73. The van der Waals surface area contributed by atoms with Gasteiger partial charge in [0.15, 0.2) is 11.5 Å². The standard InChI is InChI=1S/C22H19NO3S/c24-22(20-14-25-18-11-5-6-12-19(18)26-20)23-17-10-4-7-13-21(17)27-15-16-8-2-1-3-9-16/h1-13,20H,14-15H2,(H,23,24)/t20-/m1/s1. The Kier molecular flexibility index (Phi) is 5.30. The third-order valence-electron chi connectivity index (χ3n) is 4.18. The van der Waals surface area contributed by atoms with Crippen LogP contribution >= 0.6 is 11.8 Å². The fourth-order valence-electron chi connectivity index (χ4n) is 2.79. The fourth-order valence-corrected chi connectivity index (χ4v) is 3.76. The summed E-state index contributed by atoms with van der Waals surface area (Å²) in [6, 6.07) is 25.4. The maximum Gasteiger partial charge on any atom is 0.269 e. The summed E-state index contributed by atoms with van der Waals surface area (Å²) >= 11 is 1.69. The van der Waals surface area contributed by atoms with Crippen molar-refractivity contribution in [1.29, 1.82) is 0 Å². The van der Waals surface area contributed by atoms with Crippen molar-refractivity contribution >= 4 is 23.4 Å². The molecule has 3 aromatic rings. The lowest BCUT2D eigenvalue weighted by atomic mass is 10.2. The number of hydrogen-bond acceptors (Lipinski definition) is 4. The van der Waals surface area contributed by atoms with E-state index in [0.29, 0.717) is 11.5 Å². The number of thioether (sulfide) groups is 1. The Morgan fingerprint density at radius 3 is 2.48 bits per heavy atom. The van der Waals surface area contributed by atoms with Gasteiger partial charge in [0.05, 0.1) is 5.69 Å². The third-order valence-corrected chi connectivity index (χ3v) is 5.33. The molecule has 0 saturated heterocycles. The van der Waals surface area contributed by atoms with E-state index in [2.05, 4.69) is 17.4 Å². The van der Waals surface area contributed by atoms with Crippen molar-refractivity contribution in [3.8, 4) is 11.5 Å². The molecule has 5 heteroatoms. The second-order valence-electron chi connectivity index (χ2n) is 6.12. The van der Waals surface area contributed by atoms with Crippen LogP contribution in [0.25, 0.3) is 0 Å². The first-order valence-electron chi connectivity index (χ1n) is 8.75. The van der Waals surface area contributed by atoms with Crippen LogP contribution in [-0.4, -0.2) is 18.6 Å². The van der Waals surface area contributed by atoms with E-state index in [1.807, 2.05) is 60.7 Å². The van der Waals surface area contributed by atoms with Crippen LogP contribution in [0.15, 0.2) is 83.8 Å². The number of rotatable bonds is 5. The number of para-hydroxylation sites is 3. The molecule has 1 heterocycles. The molecule has 1 atom stereocenters. The molecule has 27 heavy (non-hydrogen) atoms. The molecule has 0 radical (unpaired) electrons. The second kappa shape index (κ2) is 8.18. The van der Waals surface area contributed by atoms with Gasteiger partial charge in [-0.05, 0) is 29.8 Å². The highest BCUT2D eigenvalue weighted by molar-refractivity contribution is 7.98. The highest BCUT2D eigenvalue weighted by Gasteiger charge is 2.27. The zero-order valence-electron chi connectivity index (χ0n) is 14.6. The Morgan fingerprint density at radius 2 is 1.63 bits per heavy atom. The number of benzene rings is 3. The van der Waals surface area contributed by atoms with Gasteiger partial charge in [0, 0.05) is 10.6 Å². The highest BCUT2D eigenvalue weighted by atomic mass is 32.2. The molecule has 0 unspecified atom stereocenters. The summed E-state index contributed by atoms with van der Waals surface area (Å²) in [5.74, 6) is 1.89. The van der Waals surface area contributed by atoms with Gasteiger partial charge in [-0.2, -0.15) is 0 Å². The number of carbonyl (C=O) groups excluding carboxylic acids is 1. The zero-order chi connectivity index (χ0) is 18.5. The first-order chi connectivity index (χ1) is 13.3. The van der Waals surface area contributed by atoms with E-state index in [-0.39, 0.29) is 12.5 Å². The number of amides is 1. The molecule has 1 N–H and O–H groups in total. The van der Waals surface area contributed by atoms with E-state index in [4.69, 9.17) is 9.47 Å². The van der Waals surface area contributed by atoms with Crippen LogP contribution in [0.4, 0.5) is 5.69 Å². The summed E-state index contributed by atoms with van der Waals surface area (Å²) in [7, 11) is 0. The SMILES string of the molecule is O=C(Nc1ccccc1SCc1ccccc1)[C@H]1COc2ccccc2O1. The molecule has 0 fully saturated rings. The van der Waals surface area contributed by atoms with E-state index in [9.17, 15) is 4.79 Å². The van der Waals surface area contributed by atoms with Crippen LogP contribution in [0, 0.1) is 0 Å². The topological polar surface area (TPSA) is 47.6 Å². The molecule has 0 bridgehead atoms. The van der Waals surface area contributed by atoms with Gasteiger partial charge >= 0.3 is 0 Å². The summed E-state index contributed by atoms with van der Waals surface area (Å²) in [5, 5.41) is 2.98. The summed E-state index contributed by atoms with van der Waals surface area (Å²) < 4.78 is 11.4. The van der Waals surface area contributed by atoms with Crippen molar-refractivity contribution < 1.29 is 14.3 Å². The van der Waals surface area contributed by atoms with Gasteiger partial charge in [0.2, 0.25) is 6.10 Å². The lowest BCUT2D eigenvalue weighted by molar-refractivity contribution is -0.125. The monoisotopic (exact) mass is 377 g/mol. The largest absolute Gasteiger partial charge is 0.485 e. The van der Waals surface area contributed by atoms with Crippen molar-refractivity contribution in [3.05, 3.63) is 84.4 Å². The molecule has 1 aliphatic heterocycles. The number of ether oxygens (including phenoxy) is 2. The van der Waals surface area contributed by atoms with Crippen molar-refractivity contribution in [3.63, 3.8) is 0 Å². The van der Waals surface area contributed by atoms with Crippen LogP contribution in [0.3, 0.4) is 0 Å². The number of fused-ring (bicyclic) bond motifs is 1. The Balaban J connectivity index is 1.43. The third kappa shape index (κ3) is 4.26. The minimum Gasteiger partial charge on any atom is -0.485 e. The highest BCUT2D eigenvalue weighted by Crippen LogP contribution is 2.32. The molecule has 136 valence electrons. The molecule has 0 saturated carbocycles. The normalized spacial score (nSPS) is 15.2. The minimum atomic E-state index is -0.674. The molecular weight excluding hydrogens is 358 g/mol. The van der Waals surface area contributed by atoms with Crippen LogP contribution in [0.2, 0.25) is 0 Å². The number of hydrogen-bond donors (Lipinski definition) is 1. The van der Waals surface area contributed by atoms with Crippen LogP contribution < -0.4 is 14.8 Å². The van der Waals surface area contributed by atoms with E-state index >= 15 is 0 Å². The predicted octanol–water partition coefficient (Wildman–Crippen LogP) is 4.76. The average Bonchev–Trinajstić information content (AvgIpc) is 2.73. The Bertz CT molecular complexity index is 930. The van der Waals surface area contributed by atoms with Crippen LogP contribution in [0.5, 0.6) is 11.5 Å². The van der Waals surface area contributed by atoms with Gasteiger partial charge in [-0.15, -0.1) is 11.8 Å². The van der Waals surface area contributed by atoms with Gasteiger partial charge in [-0.1, -0.05) is 54.6 Å². The Hall–Kier alpha value is -2.92. The Labute approximate surface area is 162 Å². The zero-order valence-corrected chi connectivity index (χ0v) is 15.4. The maximum atomic E-state index is 12.7. The molecule has 1 aliphatic rings. The lowest BCUT2D eigenvalue weighted by Crippen LogP contribution is -2.40. The smallest absolute Gasteiger partial charge is 0.269 e. The van der Waals surface area contributed by atoms with Crippen molar-refractivity contribution in [1.82, 2.24) is 0 Å². The van der Waals surface area contributed by atoms with E-state index in [1.54, 1.807) is 17.8 Å². The molecule has 0 aliphatic carbocycles. The van der Waals surface area contributed by atoms with Crippen molar-refractivity contribution in [2.45, 2.75) is 16.8 Å². The quantitative estimate of drug-likeness (QED) is 0.652. The van der Waals surface area contributed by atoms with E-state index in [1.165, 1.54) is 5.56 Å². The molecule has 4 nitrogen and oxygen atoms in total. The van der Waals surface area contributed by atoms with E-state index in [0.717, 1.165) is 16.3 Å². The molecular formula is C22H19NO3S. The van der Waals surface area contributed by atoms with Gasteiger partial charge in [-0.25, -0.2) is 0 Å². The van der Waals surface area contributed by atoms with Crippen LogP contribution in [0.1, 0.15) is 5.56 Å². The van der Waals surface area contributed by atoms with Gasteiger partial charge in [0.1, 0.15) is 6.61 Å². The molecule has 1 amide bonds. The molecule has 0 aromatic heterocycles. The Morgan fingerprint density at radius 1 is 0.926 bits per heavy atom. The van der Waals surface area contributed by atoms with Gasteiger partial charge < -0.3 is 14.8 Å². The molecule has 3 aromatic carbocycles. The van der Waals surface area contributed by atoms with Crippen molar-refractivity contribution in [2.75, 3.05) is 11.9 Å². The van der Waals surface area contributed by atoms with Crippen LogP contribution in [-0.2, 0) is 10.5 Å². The number of carbonyl (C=O) groups is 1. The van der Waals surface area contributed by atoms with Gasteiger partial charge in [-0.3, -0.25) is 4.79 Å². The van der Waals surface area contributed by atoms with E-state index < -0.39 is 6.10 Å². The summed E-state index contributed by atoms with van der Waals surface area (Å²) in [6.07, 6.45) is -0.674. The number of nitrogens with one attached hydrogen (secondary N) is 1.